The molecular formula is C19H19FN2O. The van der Waals surface area contributed by atoms with Gasteiger partial charge in [0.1, 0.15) is 11.5 Å². The minimum atomic E-state index is -0.314. The fraction of sp³-hybridized carbons (Fsp3) is 0.263. The monoisotopic (exact) mass is 310 g/mol. The zero-order valence-corrected chi connectivity index (χ0v) is 13.3. The van der Waals surface area contributed by atoms with Crippen molar-refractivity contribution >= 4 is 23.0 Å². The molecule has 0 aliphatic carbocycles. The largest absolute Gasteiger partial charge is 0.306 e. The van der Waals surface area contributed by atoms with Crippen LogP contribution in [0.2, 0.25) is 0 Å². The maximum atomic E-state index is 13.0. The summed E-state index contributed by atoms with van der Waals surface area (Å²) in [6, 6.07) is 13.5. The Labute approximate surface area is 135 Å². The lowest BCUT2D eigenvalue weighted by Gasteiger charge is -2.17. The molecule has 1 heterocycles. The third kappa shape index (κ3) is 3.16. The minimum absolute atomic E-state index is 0.0869. The SMILES string of the molecule is CC(C)CCN1C(=O)C(=Nc2ccc(F)cc2)c2ccccc21. The number of hydrogen-bond acceptors (Lipinski definition) is 2. The Morgan fingerprint density at radius 1 is 1.09 bits per heavy atom. The zero-order chi connectivity index (χ0) is 16.4. The van der Waals surface area contributed by atoms with Crippen LogP contribution >= 0.6 is 0 Å². The van der Waals surface area contributed by atoms with Crippen LogP contribution in [0.5, 0.6) is 0 Å². The Kier molecular flexibility index (Phi) is 4.24. The Balaban J connectivity index is 1.98. The van der Waals surface area contributed by atoms with Crippen molar-refractivity contribution in [1.29, 1.82) is 0 Å². The molecule has 0 N–H and O–H groups in total. The van der Waals surface area contributed by atoms with Crippen molar-refractivity contribution in [2.24, 2.45) is 10.9 Å². The summed E-state index contributed by atoms with van der Waals surface area (Å²) in [5.74, 6) is 0.120. The summed E-state index contributed by atoms with van der Waals surface area (Å²) < 4.78 is 13.0. The summed E-state index contributed by atoms with van der Waals surface area (Å²) in [6.07, 6.45) is 0.934. The highest BCUT2D eigenvalue weighted by Gasteiger charge is 2.33. The lowest BCUT2D eigenvalue weighted by atomic mass is 10.1. The van der Waals surface area contributed by atoms with Crippen LogP contribution in [-0.4, -0.2) is 18.2 Å². The summed E-state index contributed by atoms with van der Waals surface area (Å²) in [5, 5.41) is 0. The normalized spacial score (nSPS) is 15.6. The lowest BCUT2D eigenvalue weighted by Crippen LogP contribution is -2.31. The van der Waals surface area contributed by atoms with Crippen LogP contribution in [0.1, 0.15) is 25.8 Å². The zero-order valence-electron chi connectivity index (χ0n) is 13.3. The number of nitrogens with zero attached hydrogens (tertiary/aromatic N) is 2. The quantitative estimate of drug-likeness (QED) is 0.827. The number of para-hydroxylation sites is 1. The van der Waals surface area contributed by atoms with Crippen molar-refractivity contribution in [3.05, 3.63) is 59.9 Å². The van der Waals surface area contributed by atoms with Gasteiger partial charge in [0.05, 0.1) is 11.4 Å². The second-order valence-electron chi connectivity index (χ2n) is 6.09. The highest BCUT2D eigenvalue weighted by atomic mass is 19.1. The molecule has 23 heavy (non-hydrogen) atoms. The third-order valence-corrected chi connectivity index (χ3v) is 3.90. The van der Waals surface area contributed by atoms with Gasteiger partial charge in [-0.3, -0.25) is 4.79 Å². The van der Waals surface area contributed by atoms with Gasteiger partial charge in [-0.2, -0.15) is 0 Å². The minimum Gasteiger partial charge on any atom is -0.306 e. The number of halogens is 1. The number of hydrogen-bond donors (Lipinski definition) is 0. The van der Waals surface area contributed by atoms with E-state index in [1.54, 1.807) is 17.0 Å². The van der Waals surface area contributed by atoms with Gasteiger partial charge < -0.3 is 4.90 Å². The van der Waals surface area contributed by atoms with Crippen LogP contribution in [0.25, 0.3) is 0 Å². The van der Waals surface area contributed by atoms with E-state index in [0.29, 0.717) is 23.9 Å². The third-order valence-electron chi connectivity index (χ3n) is 3.90. The molecule has 0 fully saturated rings. The predicted octanol–water partition coefficient (Wildman–Crippen LogP) is 4.34. The molecule has 0 bridgehead atoms. The van der Waals surface area contributed by atoms with Gasteiger partial charge >= 0.3 is 0 Å². The van der Waals surface area contributed by atoms with Crippen molar-refractivity contribution in [1.82, 2.24) is 0 Å². The Morgan fingerprint density at radius 3 is 2.48 bits per heavy atom. The molecule has 0 spiro atoms. The van der Waals surface area contributed by atoms with Crippen molar-refractivity contribution in [2.45, 2.75) is 20.3 Å². The van der Waals surface area contributed by atoms with E-state index in [1.807, 2.05) is 24.3 Å². The molecular weight excluding hydrogens is 291 g/mol. The van der Waals surface area contributed by atoms with Gasteiger partial charge in [-0.25, -0.2) is 9.38 Å². The molecule has 0 saturated heterocycles. The van der Waals surface area contributed by atoms with E-state index in [-0.39, 0.29) is 11.7 Å². The lowest BCUT2D eigenvalue weighted by molar-refractivity contribution is -0.112. The molecule has 3 nitrogen and oxygen atoms in total. The van der Waals surface area contributed by atoms with Gasteiger partial charge in [0, 0.05) is 12.1 Å². The van der Waals surface area contributed by atoms with Gasteiger partial charge in [0.15, 0.2) is 0 Å². The van der Waals surface area contributed by atoms with Crippen LogP contribution in [0, 0.1) is 11.7 Å². The number of fused-ring (bicyclic) bond motifs is 1. The molecule has 0 aromatic heterocycles. The van der Waals surface area contributed by atoms with Gasteiger partial charge in [-0.15, -0.1) is 0 Å². The van der Waals surface area contributed by atoms with Gasteiger partial charge in [-0.1, -0.05) is 32.0 Å². The summed E-state index contributed by atoms with van der Waals surface area (Å²) >= 11 is 0. The van der Waals surface area contributed by atoms with Crippen molar-refractivity contribution in [3.8, 4) is 0 Å². The average molecular weight is 310 g/mol. The molecule has 3 rings (SSSR count). The Hall–Kier alpha value is -2.49. The van der Waals surface area contributed by atoms with E-state index >= 15 is 0 Å². The molecule has 4 heteroatoms. The molecule has 1 aliphatic rings. The maximum absolute atomic E-state index is 13.0. The molecule has 0 atom stereocenters. The summed E-state index contributed by atoms with van der Waals surface area (Å²) in [6.45, 7) is 4.95. The number of amides is 1. The summed E-state index contributed by atoms with van der Waals surface area (Å²) in [5.41, 5.74) is 2.75. The first kappa shape index (κ1) is 15.4. The van der Waals surface area contributed by atoms with E-state index in [4.69, 9.17) is 0 Å². The molecule has 1 amide bonds. The molecule has 0 radical (unpaired) electrons. The number of carbonyl (C=O) groups is 1. The van der Waals surface area contributed by atoms with Crippen LogP contribution in [0.3, 0.4) is 0 Å². The molecule has 0 unspecified atom stereocenters. The number of benzene rings is 2. The molecule has 2 aromatic carbocycles. The molecule has 0 saturated carbocycles. The van der Waals surface area contributed by atoms with Gasteiger partial charge in [0.2, 0.25) is 0 Å². The molecule has 2 aromatic rings. The number of anilines is 1. The molecule has 118 valence electrons. The van der Waals surface area contributed by atoms with E-state index in [9.17, 15) is 9.18 Å². The topological polar surface area (TPSA) is 32.7 Å². The van der Waals surface area contributed by atoms with Crippen molar-refractivity contribution < 1.29 is 9.18 Å². The second kappa shape index (κ2) is 6.32. The van der Waals surface area contributed by atoms with Gasteiger partial charge in [0.25, 0.3) is 5.91 Å². The van der Waals surface area contributed by atoms with E-state index < -0.39 is 0 Å². The van der Waals surface area contributed by atoms with Crippen molar-refractivity contribution in [3.63, 3.8) is 0 Å². The van der Waals surface area contributed by atoms with E-state index in [1.165, 1.54) is 12.1 Å². The highest BCUT2D eigenvalue weighted by Crippen LogP contribution is 2.31. The summed E-state index contributed by atoms with van der Waals surface area (Å²) in [4.78, 5) is 19.0. The first-order chi connectivity index (χ1) is 11.1. The first-order valence-corrected chi connectivity index (χ1v) is 7.82. The maximum Gasteiger partial charge on any atom is 0.277 e. The van der Waals surface area contributed by atoms with Crippen LogP contribution < -0.4 is 4.90 Å². The smallest absolute Gasteiger partial charge is 0.277 e. The van der Waals surface area contributed by atoms with Crippen LogP contribution in [0.4, 0.5) is 15.8 Å². The highest BCUT2D eigenvalue weighted by molar-refractivity contribution is 6.54. The first-order valence-electron chi connectivity index (χ1n) is 7.82. The average Bonchev–Trinajstić information content (AvgIpc) is 2.80. The predicted molar refractivity (Wildman–Crippen MR) is 90.8 cm³/mol. The summed E-state index contributed by atoms with van der Waals surface area (Å²) in [7, 11) is 0. The van der Waals surface area contributed by atoms with Crippen LogP contribution in [0.15, 0.2) is 53.5 Å². The number of rotatable bonds is 4. The number of aliphatic imine (C=N–C) groups is 1. The van der Waals surface area contributed by atoms with E-state index in [0.717, 1.165) is 17.7 Å². The Morgan fingerprint density at radius 2 is 1.78 bits per heavy atom. The standard InChI is InChI=1S/C19H19FN2O/c1-13(2)11-12-22-17-6-4-3-5-16(17)18(19(22)23)21-15-9-7-14(20)8-10-15/h3-10,13H,11-12H2,1-2H3. The fourth-order valence-electron chi connectivity index (χ4n) is 2.62. The van der Waals surface area contributed by atoms with Crippen LogP contribution in [-0.2, 0) is 4.79 Å². The fourth-order valence-corrected chi connectivity index (χ4v) is 2.62. The van der Waals surface area contributed by atoms with Gasteiger partial charge in [-0.05, 0) is 42.7 Å². The molecule has 1 aliphatic heterocycles. The van der Waals surface area contributed by atoms with Crippen molar-refractivity contribution in [2.75, 3.05) is 11.4 Å². The van der Waals surface area contributed by atoms with E-state index in [2.05, 4.69) is 18.8 Å². The Bertz CT molecular complexity index is 750. The number of carbonyl (C=O) groups excluding carboxylic acids is 1. The second-order valence-corrected chi connectivity index (χ2v) is 6.09.